The molecule has 0 saturated heterocycles. The molecule has 3 rings (SSSR count). The molecule has 8 heteroatoms. The number of esters is 1. The molecule has 0 aliphatic carbocycles. The first-order chi connectivity index (χ1) is 12.7. The lowest BCUT2D eigenvalue weighted by molar-refractivity contribution is -0.139. The summed E-state index contributed by atoms with van der Waals surface area (Å²) in [5.41, 5.74) is 1.69. The summed E-state index contributed by atoms with van der Waals surface area (Å²) in [7, 11) is 1.62. The number of aromatic nitrogens is 4. The van der Waals surface area contributed by atoms with Crippen molar-refractivity contribution in [3.05, 3.63) is 48.8 Å². The standard InChI is InChI=1S/C18H18N4O3S/c1-3-25-16(23)12-26-18-21-20-17(13-5-4-10-19-11-13)22(18)14-6-8-15(24-2)9-7-14/h4-11H,3,12H2,1-2H3. The molecule has 0 amide bonds. The maximum absolute atomic E-state index is 11.7. The van der Waals surface area contributed by atoms with Gasteiger partial charge < -0.3 is 9.47 Å². The second kappa shape index (κ2) is 8.48. The molecule has 0 unspecified atom stereocenters. The van der Waals surface area contributed by atoms with Crippen molar-refractivity contribution in [2.45, 2.75) is 12.1 Å². The molecule has 7 nitrogen and oxygen atoms in total. The minimum Gasteiger partial charge on any atom is -0.497 e. The van der Waals surface area contributed by atoms with Gasteiger partial charge >= 0.3 is 5.97 Å². The van der Waals surface area contributed by atoms with Gasteiger partial charge in [-0.1, -0.05) is 11.8 Å². The van der Waals surface area contributed by atoms with E-state index in [1.807, 2.05) is 41.0 Å². The maximum Gasteiger partial charge on any atom is 0.316 e. The SMILES string of the molecule is CCOC(=O)CSc1nnc(-c2cccnc2)n1-c1ccc(OC)cc1. The highest BCUT2D eigenvalue weighted by Gasteiger charge is 2.17. The van der Waals surface area contributed by atoms with Gasteiger partial charge in [0, 0.05) is 23.6 Å². The zero-order valence-corrected chi connectivity index (χ0v) is 15.3. The number of hydrogen-bond acceptors (Lipinski definition) is 7. The molecular formula is C18H18N4O3S. The molecule has 0 spiro atoms. The molecule has 0 bridgehead atoms. The monoisotopic (exact) mass is 370 g/mol. The fraction of sp³-hybridized carbons (Fsp3) is 0.222. The zero-order chi connectivity index (χ0) is 18.4. The summed E-state index contributed by atoms with van der Waals surface area (Å²) in [5, 5.41) is 9.15. The van der Waals surface area contributed by atoms with E-state index in [4.69, 9.17) is 9.47 Å². The van der Waals surface area contributed by atoms with E-state index >= 15 is 0 Å². The number of hydrogen-bond donors (Lipinski definition) is 0. The van der Waals surface area contributed by atoms with Gasteiger partial charge in [-0.15, -0.1) is 10.2 Å². The Bertz CT molecular complexity index is 866. The first kappa shape index (κ1) is 17.9. The maximum atomic E-state index is 11.7. The Kier molecular flexibility index (Phi) is 5.85. The molecule has 134 valence electrons. The third-order valence-corrected chi connectivity index (χ3v) is 4.41. The number of benzene rings is 1. The Morgan fingerprint density at radius 2 is 2.00 bits per heavy atom. The topological polar surface area (TPSA) is 79.1 Å². The lowest BCUT2D eigenvalue weighted by Crippen LogP contribution is -2.08. The van der Waals surface area contributed by atoms with Gasteiger partial charge in [0.1, 0.15) is 5.75 Å². The highest BCUT2D eigenvalue weighted by Crippen LogP contribution is 2.28. The molecule has 2 heterocycles. The van der Waals surface area contributed by atoms with Crippen molar-refractivity contribution in [2.75, 3.05) is 19.5 Å². The Morgan fingerprint density at radius 1 is 1.19 bits per heavy atom. The lowest BCUT2D eigenvalue weighted by atomic mass is 10.2. The second-order valence-electron chi connectivity index (χ2n) is 5.18. The van der Waals surface area contributed by atoms with Crippen molar-refractivity contribution in [1.29, 1.82) is 0 Å². The molecule has 0 aliphatic heterocycles. The van der Waals surface area contributed by atoms with E-state index in [2.05, 4.69) is 15.2 Å². The third-order valence-electron chi connectivity index (χ3n) is 3.51. The summed E-state index contributed by atoms with van der Waals surface area (Å²) in [6.45, 7) is 2.13. The molecule has 0 aliphatic rings. The Morgan fingerprint density at radius 3 is 2.65 bits per heavy atom. The van der Waals surface area contributed by atoms with Crippen LogP contribution in [0.5, 0.6) is 5.75 Å². The minimum absolute atomic E-state index is 0.162. The fourth-order valence-electron chi connectivity index (χ4n) is 2.34. The molecule has 0 atom stereocenters. The van der Waals surface area contributed by atoms with Crippen LogP contribution in [0.2, 0.25) is 0 Å². The summed E-state index contributed by atoms with van der Waals surface area (Å²) in [6.07, 6.45) is 3.43. The van der Waals surface area contributed by atoms with E-state index < -0.39 is 0 Å². The summed E-state index contributed by atoms with van der Waals surface area (Å²) in [5.74, 6) is 1.28. The van der Waals surface area contributed by atoms with Gasteiger partial charge in [-0.2, -0.15) is 0 Å². The largest absolute Gasteiger partial charge is 0.497 e. The van der Waals surface area contributed by atoms with Gasteiger partial charge in [0.25, 0.3) is 0 Å². The highest BCUT2D eigenvalue weighted by molar-refractivity contribution is 7.99. The number of rotatable bonds is 7. The summed E-state index contributed by atoms with van der Waals surface area (Å²) in [6, 6.07) is 11.3. The van der Waals surface area contributed by atoms with E-state index in [1.54, 1.807) is 26.4 Å². The molecule has 0 saturated carbocycles. The van der Waals surface area contributed by atoms with Crippen molar-refractivity contribution in [1.82, 2.24) is 19.7 Å². The van der Waals surface area contributed by atoms with Gasteiger partial charge in [-0.3, -0.25) is 14.3 Å². The van der Waals surface area contributed by atoms with Crippen LogP contribution in [0.25, 0.3) is 17.1 Å². The van der Waals surface area contributed by atoms with Crippen molar-refractivity contribution in [3.63, 3.8) is 0 Å². The summed E-state index contributed by atoms with van der Waals surface area (Å²) >= 11 is 1.28. The van der Waals surface area contributed by atoms with E-state index in [-0.39, 0.29) is 11.7 Å². The van der Waals surface area contributed by atoms with Crippen LogP contribution in [0.3, 0.4) is 0 Å². The quantitative estimate of drug-likeness (QED) is 0.467. The first-order valence-electron chi connectivity index (χ1n) is 8.01. The van der Waals surface area contributed by atoms with Crippen LogP contribution >= 0.6 is 11.8 Å². The van der Waals surface area contributed by atoms with Crippen LogP contribution in [0, 0.1) is 0 Å². The van der Waals surface area contributed by atoms with Crippen molar-refractivity contribution in [3.8, 4) is 22.8 Å². The zero-order valence-electron chi connectivity index (χ0n) is 14.5. The summed E-state index contributed by atoms with van der Waals surface area (Å²) in [4.78, 5) is 15.8. The number of ether oxygens (including phenoxy) is 2. The first-order valence-corrected chi connectivity index (χ1v) is 9.00. The molecule has 1 aromatic carbocycles. The number of carbonyl (C=O) groups excluding carboxylic acids is 1. The van der Waals surface area contributed by atoms with Crippen LogP contribution in [-0.4, -0.2) is 45.2 Å². The summed E-state index contributed by atoms with van der Waals surface area (Å²) < 4.78 is 12.1. The van der Waals surface area contributed by atoms with E-state index in [9.17, 15) is 4.79 Å². The highest BCUT2D eigenvalue weighted by atomic mass is 32.2. The average Bonchev–Trinajstić information content (AvgIpc) is 3.11. The number of nitrogens with zero attached hydrogens (tertiary/aromatic N) is 4. The second-order valence-corrected chi connectivity index (χ2v) is 6.12. The predicted octanol–water partition coefficient (Wildman–Crippen LogP) is 2.99. The number of carbonyl (C=O) groups is 1. The molecule has 26 heavy (non-hydrogen) atoms. The van der Waals surface area contributed by atoms with E-state index in [1.165, 1.54) is 11.8 Å². The Hall–Kier alpha value is -2.87. The Labute approximate surface area is 155 Å². The fourth-order valence-corrected chi connectivity index (χ4v) is 3.09. The number of pyridine rings is 1. The molecule has 0 fully saturated rings. The number of thioether (sulfide) groups is 1. The van der Waals surface area contributed by atoms with Crippen molar-refractivity contribution < 1.29 is 14.3 Å². The normalized spacial score (nSPS) is 10.5. The van der Waals surface area contributed by atoms with Gasteiger partial charge in [0.05, 0.1) is 19.5 Å². The molecule has 3 aromatic rings. The lowest BCUT2D eigenvalue weighted by Gasteiger charge is -2.11. The van der Waals surface area contributed by atoms with Gasteiger partial charge in [-0.05, 0) is 43.3 Å². The van der Waals surface area contributed by atoms with Gasteiger partial charge in [0.15, 0.2) is 11.0 Å². The number of methoxy groups -OCH3 is 1. The van der Waals surface area contributed by atoms with Gasteiger partial charge in [0.2, 0.25) is 0 Å². The van der Waals surface area contributed by atoms with Crippen LogP contribution in [0.15, 0.2) is 53.9 Å². The van der Waals surface area contributed by atoms with Gasteiger partial charge in [-0.25, -0.2) is 0 Å². The van der Waals surface area contributed by atoms with E-state index in [0.29, 0.717) is 17.6 Å². The third kappa shape index (κ3) is 4.02. The van der Waals surface area contributed by atoms with Crippen molar-refractivity contribution >= 4 is 17.7 Å². The van der Waals surface area contributed by atoms with E-state index in [0.717, 1.165) is 17.0 Å². The molecule has 0 radical (unpaired) electrons. The average molecular weight is 370 g/mol. The molecule has 0 N–H and O–H groups in total. The molecule has 2 aromatic heterocycles. The van der Waals surface area contributed by atoms with Crippen LogP contribution in [-0.2, 0) is 9.53 Å². The van der Waals surface area contributed by atoms with Crippen LogP contribution in [0.4, 0.5) is 0 Å². The minimum atomic E-state index is -0.287. The smallest absolute Gasteiger partial charge is 0.316 e. The molecular weight excluding hydrogens is 352 g/mol. The van der Waals surface area contributed by atoms with Crippen molar-refractivity contribution in [2.24, 2.45) is 0 Å². The van der Waals surface area contributed by atoms with Crippen LogP contribution < -0.4 is 4.74 Å². The Balaban J connectivity index is 1.99. The predicted molar refractivity (Wildman–Crippen MR) is 98.5 cm³/mol. The van der Waals surface area contributed by atoms with Crippen LogP contribution in [0.1, 0.15) is 6.92 Å².